The fourth-order valence-corrected chi connectivity index (χ4v) is 2.47. The minimum Gasteiger partial charge on any atom is -0.396 e. The number of carbonyl (C=O) groups excluding carboxylic acids is 1. The van der Waals surface area contributed by atoms with Crippen molar-refractivity contribution in [1.29, 1.82) is 0 Å². The normalized spacial score (nSPS) is 17.8. The largest absolute Gasteiger partial charge is 0.396 e. The molecule has 1 aliphatic rings. The zero-order chi connectivity index (χ0) is 14.5. The zero-order valence-corrected chi connectivity index (χ0v) is 11.6. The van der Waals surface area contributed by atoms with E-state index in [-0.39, 0.29) is 25.0 Å². The number of aliphatic hydroxyl groups excluding tert-OH is 2. The third-order valence-corrected chi connectivity index (χ3v) is 3.70. The van der Waals surface area contributed by atoms with E-state index in [4.69, 9.17) is 10.2 Å². The number of rotatable bonds is 2. The maximum Gasteiger partial charge on any atom is 0.254 e. The molecule has 0 aliphatic carbocycles. The number of hydrogen-bond donors (Lipinski definition) is 2. The van der Waals surface area contributed by atoms with Crippen LogP contribution in [0.3, 0.4) is 0 Å². The predicted octanol–water partition coefficient (Wildman–Crippen LogP) is 0.793. The van der Waals surface area contributed by atoms with Gasteiger partial charge in [-0.1, -0.05) is 17.9 Å². The molecular weight excluding hydrogens is 254 g/mol. The van der Waals surface area contributed by atoms with Gasteiger partial charge >= 0.3 is 0 Å². The first-order chi connectivity index (χ1) is 9.67. The lowest BCUT2D eigenvalue weighted by atomic mass is 10.0. The number of hydrogen-bond acceptors (Lipinski definition) is 3. The number of nitrogens with zero attached hydrogens (tertiary/aromatic N) is 1. The first-order valence-electron chi connectivity index (χ1n) is 6.76. The second-order valence-electron chi connectivity index (χ2n) is 5.03. The number of likely N-dealkylation sites (tertiary alicyclic amines) is 1. The second kappa shape index (κ2) is 6.56. The molecule has 2 rings (SSSR count). The third-order valence-electron chi connectivity index (χ3n) is 3.70. The van der Waals surface area contributed by atoms with Gasteiger partial charge in [-0.15, -0.1) is 0 Å². The Balaban J connectivity index is 2.22. The quantitative estimate of drug-likeness (QED) is 0.783. The van der Waals surface area contributed by atoms with Crippen LogP contribution in [0.1, 0.15) is 27.9 Å². The summed E-state index contributed by atoms with van der Waals surface area (Å²) < 4.78 is 0. The van der Waals surface area contributed by atoms with Gasteiger partial charge in [0.05, 0.1) is 0 Å². The number of carbonyl (C=O) groups is 1. The second-order valence-corrected chi connectivity index (χ2v) is 5.03. The molecule has 4 nitrogen and oxygen atoms in total. The highest BCUT2D eigenvalue weighted by atomic mass is 16.3. The minimum atomic E-state index is -0.193. The van der Waals surface area contributed by atoms with Gasteiger partial charge in [0.25, 0.3) is 5.91 Å². The van der Waals surface area contributed by atoms with Gasteiger partial charge in [0.15, 0.2) is 0 Å². The molecule has 106 valence electrons. The lowest BCUT2D eigenvalue weighted by Crippen LogP contribution is -2.29. The zero-order valence-electron chi connectivity index (χ0n) is 11.6. The Morgan fingerprint density at radius 2 is 2.25 bits per heavy atom. The highest BCUT2D eigenvalue weighted by Crippen LogP contribution is 2.21. The first kappa shape index (κ1) is 14.6. The lowest BCUT2D eigenvalue weighted by molar-refractivity contribution is 0.0781. The van der Waals surface area contributed by atoms with E-state index in [0.29, 0.717) is 18.7 Å². The molecule has 0 radical (unpaired) electrons. The van der Waals surface area contributed by atoms with Crippen LogP contribution in [-0.4, -0.2) is 47.3 Å². The summed E-state index contributed by atoms with van der Waals surface area (Å²) in [5.41, 5.74) is 2.25. The van der Waals surface area contributed by atoms with Crippen LogP contribution < -0.4 is 0 Å². The Morgan fingerprint density at radius 1 is 1.45 bits per heavy atom. The van der Waals surface area contributed by atoms with Crippen LogP contribution in [0, 0.1) is 24.7 Å². The molecule has 1 aliphatic heterocycles. The summed E-state index contributed by atoms with van der Waals surface area (Å²) in [6.45, 7) is 3.11. The maximum atomic E-state index is 12.5. The highest BCUT2D eigenvalue weighted by molar-refractivity contribution is 5.96. The predicted molar refractivity (Wildman–Crippen MR) is 76.2 cm³/mol. The van der Waals surface area contributed by atoms with E-state index in [2.05, 4.69) is 11.8 Å². The summed E-state index contributed by atoms with van der Waals surface area (Å²) >= 11 is 0. The molecule has 1 aromatic carbocycles. The number of benzene rings is 1. The van der Waals surface area contributed by atoms with Gasteiger partial charge in [0, 0.05) is 36.7 Å². The van der Waals surface area contributed by atoms with Crippen molar-refractivity contribution in [3.05, 3.63) is 34.9 Å². The summed E-state index contributed by atoms with van der Waals surface area (Å²) in [6.07, 6.45) is 0.852. The van der Waals surface area contributed by atoms with Crippen LogP contribution in [-0.2, 0) is 0 Å². The van der Waals surface area contributed by atoms with Crippen LogP contribution in [0.4, 0.5) is 0 Å². The molecule has 0 spiro atoms. The van der Waals surface area contributed by atoms with Crippen LogP contribution in [0.25, 0.3) is 0 Å². The molecule has 20 heavy (non-hydrogen) atoms. The third kappa shape index (κ3) is 3.01. The molecule has 1 fully saturated rings. The lowest BCUT2D eigenvalue weighted by Gasteiger charge is -2.18. The fraction of sp³-hybridized carbons (Fsp3) is 0.438. The number of aliphatic hydroxyl groups is 2. The Kier molecular flexibility index (Phi) is 4.78. The Hall–Kier alpha value is -1.83. The van der Waals surface area contributed by atoms with Crippen LogP contribution in [0.5, 0.6) is 0 Å². The van der Waals surface area contributed by atoms with E-state index in [1.807, 2.05) is 13.0 Å². The average molecular weight is 273 g/mol. The van der Waals surface area contributed by atoms with Crippen LogP contribution >= 0.6 is 0 Å². The van der Waals surface area contributed by atoms with E-state index < -0.39 is 0 Å². The van der Waals surface area contributed by atoms with E-state index in [1.165, 1.54) is 0 Å². The number of amides is 1. The van der Waals surface area contributed by atoms with Gasteiger partial charge < -0.3 is 15.1 Å². The molecule has 1 atom stereocenters. The highest BCUT2D eigenvalue weighted by Gasteiger charge is 2.27. The maximum absolute atomic E-state index is 12.5. The molecule has 1 heterocycles. The molecule has 1 aromatic rings. The van der Waals surface area contributed by atoms with Crippen molar-refractivity contribution in [3.63, 3.8) is 0 Å². The van der Waals surface area contributed by atoms with E-state index in [9.17, 15) is 4.79 Å². The Bertz CT molecular complexity index is 557. The smallest absolute Gasteiger partial charge is 0.254 e. The van der Waals surface area contributed by atoms with E-state index >= 15 is 0 Å². The van der Waals surface area contributed by atoms with Crippen LogP contribution in [0.15, 0.2) is 18.2 Å². The summed E-state index contributed by atoms with van der Waals surface area (Å²) in [7, 11) is 0. The standard InChI is InChI=1S/C16H19NO3/c1-12-14(5-3-9-18)4-2-6-15(12)16(20)17-8-7-13(10-17)11-19/h2,4,6,13,18-19H,7-11H2,1H3. The molecule has 4 heteroatoms. The molecule has 0 bridgehead atoms. The van der Waals surface area contributed by atoms with Crippen molar-refractivity contribution in [3.8, 4) is 11.8 Å². The van der Waals surface area contributed by atoms with Gasteiger partial charge in [-0.2, -0.15) is 0 Å². The Morgan fingerprint density at radius 3 is 2.90 bits per heavy atom. The van der Waals surface area contributed by atoms with Gasteiger partial charge in [0.2, 0.25) is 0 Å². The molecular formula is C16H19NO3. The summed E-state index contributed by atoms with van der Waals surface area (Å²) in [6, 6.07) is 5.45. The van der Waals surface area contributed by atoms with Crippen molar-refractivity contribution < 1.29 is 15.0 Å². The van der Waals surface area contributed by atoms with Crippen molar-refractivity contribution >= 4 is 5.91 Å². The van der Waals surface area contributed by atoms with Crippen molar-refractivity contribution in [2.75, 3.05) is 26.3 Å². The summed E-state index contributed by atoms with van der Waals surface area (Å²) in [5, 5.41) is 17.9. The van der Waals surface area contributed by atoms with E-state index in [1.54, 1.807) is 17.0 Å². The molecule has 0 saturated carbocycles. The summed E-state index contributed by atoms with van der Waals surface area (Å²) in [4.78, 5) is 14.3. The van der Waals surface area contributed by atoms with Gasteiger partial charge in [0.1, 0.15) is 6.61 Å². The average Bonchev–Trinajstić information content (AvgIpc) is 2.94. The van der Waals surface area contributed by atoms with Gasteiger partial charge in [-0.25, -0.2) is 0 Å². The summed E-state index contributed by atoms with van der Waals surface area (Å²) in [5.74, 6) is 5.65. The Labute approximate surface area is 119 Å². The fourth-order valence-electron chi connectivity index (χ4n) is 2.47. The molecule has 1 saturated heterocycles. The van der Waals surface area contributed by atoms with Crippen molar-refractivity contribution in [2.24, 2.45) is 5.92 Å². The van der Waals surface area contributed by atoms with Gasteiger partial charge in [-0.05, 0) is 31.0 Å². The first-order valence-corrected chi connectivity index (χ1v) is 6.76. The van der Waals surface area contributed by atoms with Gasteiger partial charge in [-0.3, -0.25) is 4.79 Å². The van der Waals surface area contributed by atoms with Crippen molar-refractivity contribution in [1.82, 2.24) is 4.90 Å². The van der Waals surface area contributed by atoms with E-state index in [0.717, 1.165) is 17.5 Å². The monoisotopic (exact) mass is 273 g/mol. The SMILES string of the molecule is Cc1c(C#CCO)cccc1C(=O)N1CCC(CO)C1. The molecule has 2 N–H and O–H groups in total. The van der Waals surface area contributed by atoms with Crippen molar-refractivity contribution in [2.45, 2.75) is 13.3 Å². The molecule has 1 unspecified atom stereocenters. The van der Waals surface area contributed by atoms with Crippen LogP contribution in [0.2, 0.25) is 0 Å². The topological polar surface area (TPSA) is 60.8 Å². The minimum absolute atomic E-state index is 0.00824. The molecule has 0 aromatic heterocycles. The molecule has 1 amide bonds.